The molecule has 0 aliphatic carbocycles. The summed E-state index contributed by atoms with van der Waals surface area (Å²) in [5.41, 5.74) is 7.17. The Morgan fingerprint density at radius 2 is 1.76 bits per heavy atom. The van der Waals surface area contributed by atoms with Crippen molar-refractivity contribution in [3.63, 3.8) is 0 Å². The molecule has 0 aliphatic heterocycles. The molecule has 2 heterocycles. The minimum Gasteiger partial charge on any atom is -0.392 e. The van der Waals surface area contributed by atoms with E-state index in [0.29, 0.717) is 40.3 Å². The number of aliphatic hydroxyl groups excluding tert-OH is 1. The lowest BCUT2D eigenvalue weighted by Crippen LogP contribution is -2.14. The van der Waals surface area contributed by atoms with Crippen LogP contribution in [0, 0.1) is 25.2 Å². The van der Waals surface area contributed by atoms with Crippen LogP contribution < -0.4 is 5.32 Å². The highest BCUT2D eigenvalue weighted by Gasteiger charge is 2.19. The van der Waals surface area contributed by atoms with E-state index in [2.05, 4.69) is 16.5 Å². The molecule has 0 saturated heterocycles. The number of nitrogens with zero attached hydrogens (tertiary/aromatic N) is 4. The number of pyridine rings is 1. The number of nitriles is 1. The van der Waals surface area contributed by atoms with Gasteiger partial charge in [-0.25, -0.2) is 4.98 Å². The molecule has 0 bridgehead atoms. The minimum absolute atomic E-state index is 0.122. The van der Waals surface area contributed by atoms with E-state index in [0.717, 1.165) is 27.8 Å². The number of amides is 1. The van der Waals surface area contributed by atoms with E-state index in [-0.39, 0.29) is 12.5 Å². The van der Waals surface area contributed by atoms with Gasteiger partial charge in [0.2, 0.25) is 0 Å². The van der Waals surface area contributed by atoms with E-state index in [1.807, 2.05) is 79.2 Å². The summed E-state index contributed by atoms with van der Waals surface area (Å²) in [4.78, 5) is 18.4. The molecule has 0 unspecified atom stereocenters. The van der Waals surface area contributed by atoms with Gasteiger partial charge in [-0.15, -0.1) is 0 Å². The highest BCUT2D eigenvalue weighted by molar-refractivity contribution is 6.13. The molecule has 0 spiro atoms. The number of carbonyl (C=O) groups is 1. The molecule has 0 fully saturated rings. The van der Waals surface area contributed by atoms with Crippen LogP contribution >= 0.6 is 0 Å². The number of carbonyl (C=O) groups excluding carboxylic acids is 1. The van der Waals surface area contributed by atoms with Crippen LogP contribution in [0.4, 0.5) is 5.69 Å². The van der Waals surface area contributed by atoms with Gasteiger partial charge in [0.1, 0.15) is 0 Å². The van der Waals surface area contributed by atoms with Gasteiger partial charge in [0.15, 0.2) is 0 Å². The van der Waals surface area contributed by atoms with E-state index in [1.54, 1.807) is 18.2 Å². The highest BCUT2D eigenvalue weighted by atomic mass is 16.3. The van der Waals surface area contributed by atoms with Gasteiger partial charge in [-0.05, 0) is 49.2 Å². The lowest BCUT2D eigenvalue weighted by molar-refractivity contribution is 0.102. The monoisotopic (exact) mass is 487 g/mol. The molecule has 182 valence electrons. The molecule has 2 N–H and O–H groups in total. The molecule has 37 heavy (non-hydrogen) atoms. The molecule has 0 radical (unpaired) electrons. The average Bonchev–Trinajstić information content (AvgIpc) is 3.19. The van der Waals surface area contributed by atoms with Crippen molar-refractivity contribution in [1.82, 2.24) is 14.8 Å². The van der Waals surface area contributed by atoms with Crippen molar-refractivity contribution in [3.8, 4) is 17.3 Å². The van der Waals surface area contributed by atoms with E-state index in [1.165, 1.54) is 0 Å². The fraction of sp³-hybridized carbons (Fsp3) is 0.133. The maximum absolute atomic E-state index is 13.7. The molecule has 0 saturated carbocycles. The first kappa shape index (κ1) is 23.9. The summed E-state index contributed by atoms with van der Waals surface area (Å²) in [5, 5.41) is 27.3. The smallest absolute Gasteiger partial charge is 0.256 e. The molecule has 5 aromatic rings. The molecule has 2 aromatic heterocycles. The van der Waals surface area contributed by atoms with Crippen LogP contribution in [0.2, 0.25) is 0 Å². The quantitative estimate of drug-likeness (QED) is 0.335. The fourth-order valence-electron chi connectivity index (χ4n) is 4.48. The third-order valence-corrected chi connectivity index (χ3v) is 6.46. The van der Waals surface area contributed by atoms with Gasteiger partial charge in [0.05, 0.1) is 58.6 Å². The van der Waals surface area contributed by atoms with Gasteiger partial charge in [-0.1, -0.05) is 54.6 Å². The van der Waals surface area contributed by atoms with Gasteiger partial charge in [0, 0.05) is 10.9 Å². The van der Waals surface area contributed by atoms with Gasteiger partial charge in [-0.3, -0.25) is 9.48 Å². The number of para-hydroxylation sites is 1. The summed E-state index contributed by atoms with van der Waals surface area (Å²) >= 11 is 0. The largest absolute Gasteiger partial charge is 0.392 e. The summed E-state index contributed by atoms with van der Waals surface area (Å²) in [6, 6.07) is 26.3. The second-order valence-electron chi connectivity index (χ2n) is 8.85. The number of rotatable bonds is 6. The fourth-order valence-corrected chi connectivity index (χ4v) is 4.48. The van der Waals surface area contributed by atoms with E-state index in [9.17, 15) is 9.90 Å². The number of aryl methyl sites for hydroxylation is 1. The van der Waals surface area contributed by atoms with Crippen molar-refractivity contribution in [2.45, 2.75) is 27.0 Å². The SMILES string of the molecule is Cc1nn(Cc2ccc(C#N)cc2)c(C)c1NC(=O)c1cc(-c2ccccc2CO)nc2ccccc12. The van der Waals surface area contributed by atoms with Crippen LogP contribution in [0.1, 0.15) is 38.4 Å². The molecule has 0 aliphatic rings. The Morgan fingerprint density at radius 3 is 2.51 bits per heavy atom. The lowest BCUT2D eigenvalue weighted by Gasteiger charge is -2.13. The zero-order valence-electron chi connectivity index (χ0n) is 20.6. The highest BCUT2D eigenvalue weighted by Crippen LogP contribution is 2.29. The van der Waals surface area contributed by atoms with Crippen molar-refractivity contribution in [3.05, 3.63) is 113 Å². The summed E-state index contributed by atoms with van der Waals surface area (Å²) in [5.74, 6) is -0.259. The van der Waals surface area contributed by atoms with Crippen molar-refractivity contribution in [2.24, 2.45) is 0 Å². The molecule has 1 amide bonds. The van der Waals surface area contributed by atoms with Crippen molar-refractivity contribution < 1.29 is 9.90 Å². The number of hydrogen-bond donors (Lipinski definition) is 2. The lowest BCUT2D eigenvalue weighted by atomic mass is 10.00. The van der Waals surface area contributed by atoms with E-state index in [4.69, 9.17) is 10.2 Å². The van der Waals surface area contributed by atoms with Crippen LogP contribution in [0.25, 0.3) is 22.2 Å². The normalized spacial score (nSPS) is 10.9. The maximum atomic E-state index is 13.7. The number of fused-ring (bicyclic) bond motifs is 1. The van der Waals surface area contributed by atoms with Crippen LogP contribution in [0.5, 0.6) is 0 Å². The summed E-state index contributed by atoms with van der Waals surface area (Å²) in [6.45, 7) is 4.19. The summed E-state index contributed by atoms with van der Waals surface area (Å²) < 4.78 is 1.85. The molecule has 7 nitrogen and oxygen atoms in total. The minimum atomic E-state index is -0.259. The van der Waals surface area contributed by atoms with Crippen molar-refractivity contribution in [1.29, 1.82) is 5.26 Å². The zero-order valence-corrected chi connectivity index (χ0v) is 20.6. The van der Waals surface area contributed by atoms with Crippen LogP contribution in [-0.4, -0.2) is 25.8 Å². The van der Waals surface area contributed by atoms with E-state index >= 15 is 0 Å². The third-order valence-electron chi connectivity index (χ3n) is 6.46. The summed E-state index contributed by atoms with van der Waals surface area (Å²) in [6.07, 6.45) is 0. The Hall–Kier alpha value is -4.80. The molecule has 0 atom stereocenters. The number of aliphatic hydroxyl groups is 1. The topological polar surface area (TPSA) is 104 Å². The first-order chi connectivity index (χ1) is 18.0. The number of hydrogen-bond acceptors (Lipinski definition) is 5. The molecular formula is C30H25N5O2. The van der Waals surface area contributed by atoms with Crippen molar-refractivity contribution in [2.75, 3.05) is 5.32 Å². The summed E-state index contributed by atoms with van der Waals surface area (Å²) in [7, 11) is 0. The third kappa shape index (κ3) is 4.70. The Morgan fingerprint density at radius 1 is 1.03 bits per heavy atom. The van der Waals surface area contributed by atoms with Crippen LogP contribution in [0.15, 0.2) is 78.9 Å². The first-order valence-electron chi connectivity index (χ1n) is 11.9. The zero-order chi connectivity index (χ0) is 25.9. The predicted octanol–water partition coefficient (Wildman–Crippen LogP) is 5.38. The molecule has 3 aromatic carbocycles. The number of anilines is 1. The van der Waals surface area contributed by atoms with Gasteiger partial charge in [-0.2, -0.15) is 10.4 Å². The van der Waals surface area contributed by atoms with Gasteiger partial charge in [0.25, 0.3) is 5.91 Å². The molecular weight excluding hydrogens is 462 g/mol. The maximum Gasteiger partial charge on any atom is 0.256 e. The second-order valence-corrected chi connectivity index (χ2v) is 8.85. The van der Waals surface area contributed by atoms with Gasteiger partial charge >= 0.3 is 0 Å². The number of benzene rings is 3. The second kappa shape index (κ2) is 10.1. The Balaban J connectivity index is 1.50. The first-order valence-corrected chi connectivity index (χ1v) is 11.9. The molecule has 5 rings (SSSR count). The Labute approximate surface area is 214 Å². The number of nitrogens with one attached hydrogen (secondary N) is 1. The van der Waals surface area contributed by atoms with Crippen molar-refractivity contribution >= 4 is 22.5 Å². The van der Waals surface area contributed by atoms with Crippen LogP contribution in [0.3, 0.4) is 0 Å². The predicted molar refractivity (Wildman–Crippen MR) is 143 cm³/mol. The van der Waals surface area contributed by atoms with E-state index < -0.39 is 0 Å². The Bertz CT molecular complexity index is 1660. The average molecular weight is 488 g/mol. The van der Waals surface area contributed by atoms with Gasteiger partial charge < -0.3 is 10.4 Å². The molecule has 7 heteroatoms. The van der Waals surface area contributed by atoms with Crippen LogP contribution in [-0.2, 0) is 13.2 Å². The number of aromatic nitrogens is 3. The Kier molecular flexibility index (Phi) is 6.50. The standard InChI is InChI=1S/C30H25N5O2/c1-19-29(20(2)35(34-19)17-22-13-11-21(16-31)12-14-22)33-30(37)26-15-28(24-8-4-3-7-23(24)18-36)32-27-10-6-5-9-25(26)27/h3-15,36H,17-18H2,1-2H3,(H,33,37).